The second-order valence-corrected chi connectivity index (χ2v) is 6.69. The van der Waals surface area contributed by atoms with Gasteiger partial charge in [-0.25, -0.2) is 0 Å². The Morgan fingerprint density at radius 3 is 2.48 bits per heavy atom. The van der Waals surface area contributed by atoms with Gasteiger partial charge < -0.3 is 15.2 Å². The molecule has 2 N–H and O–H groups in total. The Balaban J connectivity index is 2.26. The van der Waals surface area contributed by atoms with E-state index in [9.17, 15) is 0 Å². The van der Waals surface area contributed by atoms with Crippen molar-refractivity contribution in [2.75, 3.05) is 5.73 Å². The second kappa shape index (κ2) is 5.93. The van der Waals surface area contributed by atoms with Gasteiger partial charge in [0.05, 0.1) is 5.69 Å². The van der Waals surface area contributed by atoms with Crippen molar-refractivity contribution >= 4 is 21.6 Å². The minimum atomic E-state index is -0.368. The summed E-state index contributed by atoms with van der Waals surface area (Å²) in [5.41, 5.74) is 7.03. The Morgan fingerprint density at radius 2 is 1.86 bits per heavy atom. The molecular weight excluding hydrogens is 332 g/mol. The number of nitrogen functional groups attached to an aromatic ring is 1. The summed E-state index contributed by atoms with van der Waals surface area (Å²) in [4.78, 5) is 4.34. The molecule has 0 saturated carbocycles. The van der Waals surface area contributed by atoms with Crippen LogP contribution in [0.3, 0.4) is 0 Å². The predicted molar refractivity (Wildman–Crippen MR) is 88.0 cm³/mol. The highest BCUT2D eigenvalue weighted by atomic mass is 79.9. The van der Waals surface area contributed by atoms with Gasteiger partial charge in [-0.05, 0) is 57.5 Å². The average molecular weight is 351 g/mol. The molecule has 0 unspecified atom stereocenters. The van der Waals surface area contributed by atoms with Crippen LogP contribution in [0.2, 0.25) is 0 Å². The zero-order valence-electron chi connectivity index (χ0n) is 12.6. The van der Waals surface area contributed by atoms with Gasteiger partial charge in [-0.1, -0.05) is 15.9 Å². The number of anilines is 1. The van der Waals surface area contributed by atoms with Gasteiger partial charge in [-0.3, -0.25) is 0 Å². The van der Waals surface area contributed by atoms with Crippen LogP contribution in [-0.4, -0.2) is 10.6 Å². The van der Waals surface area contributed by atoms with Crippen LogP contribution in [0.15, 0.2) is 34.8 Å². The molecule has 0 bridgehead atoms. The maximum absolute atomic E-state index is 5.89. The van der Waals surface area contributed by atoms with Crippen molar-refractivity contribution in [1.82, 2.24) is 4.98 Å². The number of nitrogens with zero attached hydrogens (tertiary/aromatic N) is 1. The first-order chi connectivity index (χ1) is 9.74. The lowest BCUT2D eigenvalue weighted by molar-refractivity contribution is 0.124. The lowest BCUT2D eigenvalue weighted by atomic mass is 10.2. The third-order valence-corrected chi connectivity index (χ3v) is 3.11. The molecule has 4 nitrogen and oxygen atoms in total. The van der Waals surface area contributed by atoms with Gasteiger partial charge in [0, 0.05) is 10.5 Å². The molecule has 1 aromatic carbocycles. The van der Waals surface area contributed by atoms with Crippen LogP contribution in [0.5, 0.6) is 17.5 Å². The average Bonchev–Trinajstić information content (AvgIpc) is 2.35. The van der Waals surface area contributed by atoms with Crippen LogP contribution >= 0.6 is 15.9 Å². The Bertz CT molecular complexity index is 651. The molecule has 0 aliphatic heterocycles. The summed E-state index contributed by atoms with van der Waals surface area (Å²) in [5.74, 6) is 1.58. The number of hydrogen-bond donors (Lipinski definition) is 1. The quantitative estimate of drug-likeness (QED) is 0.871. The summed E-state index contributed by atoms with van der Waals surface area (Å²) in [7, 11) is 0. The van der Waals surface area contributed by atoms with E-state index in [0.29, 0.717) is 17.4 Å². The standard InChI is InChI=1S/C16H19BrN2O2/c1-10-9-11(17)5-7-13(10)20-14-8-6-12(18)15(19-14)21-16(2,3)4/h5-9H,18H2,1-4H3. The molecule has 2 rings (SSSR count). The summed E-state index contributed by atoms with van der Waals surface area (Å²) in [6, 6.07) is 9.26. The van der Waals surface area contributed by atoms with E-state index in [1.54, 1.807) is 12.1 Å². The largest absolute Gasteiger partial charge is 0.470 e. The van der Waals surface area contributed by atoms with Gasteiger partial charge in [0.25, 0.3) is 0 Å². The number of hydrogen-bond acceptors (Lipinski definition) is 4. The van der Waals surface area contributed by atoms with Crippen molar-refractivity contribution in [2.45, 2.75) is 33.3 Å². The lowest BCUT2D eigenvalue weighted by Crippen LogP contribution is -2.24. The highest BCUT2D eigenvalue weighted by molar-refractivity contribution is 9.10. The maximum atomic E-state index is 5.89. The van der Waals surface area contributed by atoms with Gasteiger partial charge in [-0.15, -0.1) is 0 Å². The molecule has 1 heterocycles. The van der Waals surface area contributed by atoms with Crippen LogP contribution in [0.25, 0.3) is 0 Å². The van der Waals surface area contributed by atoms with Gasteiger partial charge >= 0.3 is 0 Å². The van der Waals surface area contributed by atoms with E-state index in [1.165, 1.54) is 0 Å². The number of aryl methyl sites for hydroxylation is 1. The van der Waals surface area contributed by atoms with E-state index < -0.39 is 0 Å². The Labute approximate surface area is 133 Å². The monoisotopic (exact) mass is 350 g/mol. The fraction of sp³-hybridized carbons (Fsp3) is 0.312. The molecular formula is C16H19BrN2O2. The van der Waals surface area contributed by atoms with Crippen LogP contribution in [0.4, 0.5) is 5.69 Å². The van der Waals surface area contributed by atoms with Crippen LogP contribution < -0.4 is 15.2 Å². The van der Waals surface area contributed by atoms with Crippen molar-refractivity contribution in [3.63, 3.8) is 0 Å². The zero-order valence-corrected chi connectivity index (χ0v) is 14.2. The van der Waals surface area contributed by atoms with Crippen molar-refractivity contribution in [1.29, 1.82) is 0 Å². The summed E-state index contributed by atoms with van der Waals surface area (Å²) in [6.07, 6.45) is 0. The Morgan fingerprint density at radius 1 is 1.14 bits per heavy atom. The van der Waals surface area contributed by atoms with E-state index in [-0.39, 0.29) is 5.60 Å². The first-order valence-electron chi connectivity index (χ1n) is 6.64. The smallest absolute Gasteiger partial charge is 0.241 e. The molecule has 0 radical (unpaired) electrons. The van der Waals surface area contributed by atoms with Crippen molar-refractivity contribution in [2.24, 2.45) is 0 Å². The molecule has 21 heavy (non-hydrogen) atoms. The molecule has 112 valence electrons. The topological polar surface area (TPSA) is 57.4 Å². The second-order valence-electron chi connectivity index (χ2n) is 5.77. The Kier molecular flexibility index (Phi) is 4.42. The minimum absolute atomic E-state index is 0.368. The van der Waals surface area contributed by atoms with E-state index in [2.05, 4.69) is 20.9 Å². The highest BCUT2D eigenvalue weighted by Crippen LogP contribution is 2.30. The van der Waals surface area contributed by atoms with E-state index in [0.717, 1.165) is 15.8 Å². The number of pyridine rings is 1. The molecule has 0 aliphatic rings. The number of rotatable bonds is 3. The van der Waals surface area contributed by atoms with Gasteiger partial charge in [0.1, 0.15) is 11.4 Å². The van der Waals surface area contributed by atoms with Gasteiger partial charge in [0.15, 0.2) is 0 Å². The first-order valence-corrected chi connectivity index (χ1v) is 7.43. The zero-order chi connectivity index (χ0) is 15.6. The number of aromatic nitrogens is 1. The van der Waals surface area contributed by atoms with Crippen LogP contribution in [-0.2, 0) is 0 Å². The first kappa shape index (κ1) is 15.6. The Hall–Kier alpha value is -1.75. The van der Waals surface area contributed by atoms with Crippen molar-refractivity contribution < 1.29 is 9.47 Å². The third kappa shape index (κ3) is 4.36. The van der Waals surface area contributed by atoms with Crippen molar-refractivity contribution in [3.8, 4) is 17.5 Å². The maximum Gasteiger partial charge on any atom is 0.241 e. The molecule has 0 saturated heterocycles. The molecule has 1 aromatic heterocycles. The molecule has 0 atom stereocenters. The molecule has 2 aromatic rings. The summed E-state index contributed by atoms with van der Waals surface area (Å²) in [5, 5.41) is 0. The molecule has 0 spiro atoms. The highest BCUT2D eigenvalue weighted by Gasteiger charge is 2.16. The number of ether oxygens (including phenoxy) is 2. The van der Waals surface area contributed by atoms with E-state index in [4.69, 9.17) is 15.2 Å². The number of halogens is 1. The van der Waals surface area contributed by atoms with Crippen LogP contribution in [0, 0.1) is 6.92 Å². The summed E-state index contributed by atoms with van der Waals surface area (Å²) in [6.45, 7) is 7.81. The fourth-order valence-corrected chi connectivity index (χ4v) is 2.18. The normalized spacial score (nSPS) is 11.3. The summed E-state index contributed by atoms with van der Waals surface area (Å²) >= 11 is 3.43. The van der Waals surface area contributed by atoms with Crippen molar-refractivity contribution in [3.05, 3.63) is 40.4 Å². The van der Waals surface area contributed by atoms with E-state index in [1.807, 2.05) is 45.9 Å². The molecule has 0 amide bonds. The predicted octanol–water partition coefficient (Wildman–Crippen LogP) is 4.70. The SMILES string of the molecule is Cc1cc(Br)ccc1Oc1ccc(N)c(OC(C)(C)C)n1. The number of nitrogens with two attached hydrogens (primary N) is 1. The van der Waals surface area contributed by atoms with Gasteiger partial charge in [0.2, 0.25) is 11.8 Å². The minimum Gasteiger partial charge on any atom is -0.470 e. The third-order valence-electron chi connectivity index (χ3n) is 2.62. The van der Waals surface area contributed by atoms with Crippen LogP contribution in [0.1, 0.15) is 26.3 Å². The molecule has 5 heteroatoms. The van der Waals surface area contributed by atoms with E-state index >= 15 is 0 Å². The number of benzene rings is 1. The lowest BCUT2D eigenvalue weighted by Gasteiger charge is -2.21. The van der Waals surface area contributed by atoms with Gasteiger partial charge in [-0.2, -0.15) is 4.98 Å². The molecule has 0 aliphatic carbocycles. The summed E-state index contributed by atoms with van der Waals surface area (Å²) < 4.78 is 12.6. The molecule has 0 fully saturated rings. The fourth-order valence-electron chi connectivity index (χ4n) is 1.70.